The lowest BCUT2D eigenvalue weighted by Crippen LogP contribution is -2.33. The summed E-state index contributed by atoms with van der Waals surface area (Å²) in [6.07, 6.45) is 13.0. The van der Waals surface area contributed by atoms with Crippen molar-refractivity contribution in [1.82, 2.24) is 0 Å². The average Bonchev–Trinajstić information content (AvgIpc) is 2.91. The zero-order valence-corrected chi connectivity index (χ0v) is 24.7. The monoisotopic (exact) mass is 555 g/mol. The Bertz CT molecular complexity index is 1660. The maximum atomic E-state index is 10.9. The summed E-state index contributed by atoms with van der Waals surface area (Å²) in [6, 6.07) is 21.6. The standard InChI is InChI=1S/C34H38N2O3S/c1-26(2)14-21-36(22-15-27(3)4)31-13-12-30-24-29(32-8-5-6-9-33(32)34(30)25-31)11-10-28-16-19-35(20-17-28)18-7-23-40(37,38)39/h5-6,8-17,19-20,24-25H,7,18,21-23H2,1-4H3/p+1. The predicted molar refractivity (Wildman–Crippen MR) is 169 cm³/mol. The van der Waals surface area contributed by atoms with Gasteiger partial charge in [0.25, 0.3) is 10.1 Å². The number of pyridine rings is 1. The van der Waals surface area contributed by atoms with Crippen LogP contribution in [0.4, 0.5) is 5.69 Å². The fourth-order valence-electron chi connectivity index (χ4n) is 4.67. The Morgan fingerprint density at radius 2 is 1.48 bits per heavy atom. The molecule has 1 aromatic heterocycles. The first-order valence-electron chi connectivity index (χ1n) is 13.7. The summed E-state index contributed by atoms with van der Waals surface area (Å²) >= 11 is 0. The highest BCUT2D eigenvalue weighted by Gasteiger charge is 2.10. The molecule has 208 valence electrons. The second-order valence-corrected chi connectivity index (χ2v) is 12.3. The molecule has 0 amide bonds. The quantitative estimate of drug-likeness (QED) is 0.0903. The minimum absolute atomic E-state index is 0.235. The summed E-state index contributed by atoms with van der Waals surface area (Å²) in [5.41, 5.74) is 6.06. The molecule has 0 aliphatic rings. The summed E-state index contributed by atoms with van der Waals surface area (Å²) in [4.78, 5) is 2.41. The average molecular weight is 556 g/mol. The second kappa shape index (κ2) is 13.1. The second-order valence-electron chi connectivity index (χ2n) is 10.7. The topological polar surface area (TPSA) is 61.5 Å². The van der Waals surface area contributed by atoms with Crippen LogP contribution in [0.15, 0.2) is 96.4 Å². The molecule has 0 bridgehead atoms. The summed E-state index contributed by atoms with van der Waals surface area (Å²) in [7, 11) is -3.93. The van der Waals surface area contributed by atoms with E-state index in [2.05, 4.69) is 105 Å². The molecule has 3 aromatic carbocycles. The van der Waals surface area contributed by atoms with Gasteiger partial charge in [0.2, 0.25) is 0 Å². The predicted octanol–water partition coefficient (Wildman–Crippen LogP) is 7.47. The van der Waals surface area contributed by atoms with Crippen LogP contribution in [0.25, 0.3) is 33.7 Å². The van der Waals surface area contributed by atoms with Gasteiger partial charge in [-0.1, -0.05) is 65.8 Å². The molecule has 0 saturated heterocycles. The Morgan fingerprint density at radius 1 is 0.825 bits per heavy atom. The van der Waals surface area contributed by atoms with E-state index in [0.717, 1.165) is 24.2 Å². The molecule has 1 heterocycles. The number of hydrogen-bond acceptors (Lipinski definition) is 3. The van der Waals surface area contributed by atoms with Crippen LogP contribution < -0.4 is 9.47 Å². The first-order valence-corrected chi connectivity index (χ1v) is 15.3. The summed E-state index contributed by atoms with van der Waals surface area (Å²) in [5, 5.41) is 4.89. The first-order chi connectivity index (χ1) is 19.1. The highest BCUT2D eigenvalue weighted by atomic mass is 32.2. The lowest BCUT2D eigenvalue weighted by atomic mass is 9.96. The third-order valence-electron chi connectivity index (χ3n) is 6.87. The van der Waals surface area contributed by atoms with E-state index in [9.17, 15) is 8.42 Å². The minimum Gasteiger partial charge on any atom is -0.364 e. The number of hydrogen-bond donors (Lipinski definition) is 1. The molecule has 0 unspecified atom stereocenters. The van der Waals surface area contributed by atoms with Crippen molar-refractivity contribution in [2.45, 2.75) is 40.7 Å². The number of fused-ring (bicyclic) bond motifs is 3. The van der Waals surface area contributed by atoms with E-state index >= 15 is 0 Å². The van der Waals surface area contributed by atoms with Crippen LogP contribution in [0.3, 0.4) is 0 Å². The zero-order chi connectivity index (χ0) is 28.7. The van der Waals surface area contributed by atoms with Crippen molar-refractivity contribution in [2.24, 2.45) is 0 Å². The molecular weight excluding hydrogens is 516 g/mol. The van der Waals surface area contributed by atoms with Crippen molar-refractivity contribution in [3.63, 3.8) is 0 Å². The number of aryl methyl sites for hydroxylation is 1. The molecule has 40 heavy (non-hydrogen) atoms. The van der Waals surface area contributed by atoms with Gasteiger partial charge in [-0.05, 0) is 78.6 Å². The molecule has 1 N–H and O–H groups in total. The Labute approximate surface area is 238 Å². The van der Waals surface area contributed by atoms with Gasteiger partial charge in [-0.3, -0.25) is 4.55 Å². The molecule has 6 heteroatoms. The SMILES string of the molecule is CC(C)=CCN(CC=C(C)C)c1ccc2cc(/C=C/c3cc[n+](CCCS(=O)(=O)O)cc3)c3ccccc3c2c1. The maximum Gasteiger partial charge on any atom is 0.265 e. The van der Waals surface area contributed by atoms with E-state index in [1.165, 1.54) is 38.4 Å². The normalized spacial score (nSPS) is 11.7. The fourth-order valence-corrected chi connectivity index (χ4v) is 5.16. The molecule has 0 aliphatic heterocycles. The Balaban J connectivity index is 1.64. The molecule has 0 fully saturated rings. The van der Waals surface area contributed by atoms with Crippen molar-refractivity contribution in [1.29, 1.82) is 0 Å². The van der Waals surface area contributed by atoms with E-state index in [-0.39, 0.29) is 5.75 Å². The Morgan fingerprint density at radius 3 is 2.10 bits per heavy atom. The van der Waals surface area contributed by atoms with E-state index in [4.69, 9.17) is 4.55 Å². The molecule has 0 aliphatic carbocycles. The molecule has 0 atom stereocenters. The van der Waals surface area contributed by atoms with Crippen LogP contribution in [0.1, 0.15) is 45.2 Å². The van der Waals surface area contributed by atoms with E-state index < -0.39 is 10.1 Å². The molecule has 0 radical (unpaired) electrons. The Hall–Kier alpha value is -3.74. The van der Waals surface area contributed by atoms with Gasteiger partial charge in [0.1, 0.15) is 6.54 Å². The van der Waals surface area contributed by atoms with Crippen LogP contribution in [0, 0.1) is 0 Å². The number of aromatic nitrogens is 1. The van der Waals surface area contributed by atoms with Gasteiger partial charge in [0.05, 0.1) is 5.75 Å². The molecule has 0 spiro atoms. The smallest absolute Gasteiger partial charge is 0.265 e. The summed E-state index contributed by atoms with van der Waals surface area (Å²) < 4.78 is 32.7. The highest BCUT2D eigenvalue weighted by molar-refractivity contribution is 7.85. The minimum atomic E-state index is -3.93. The number of rotatable bonds is 11. The molecule has 4 rings (SSSR count). The van der Waals surface area contributed by atoms with Gasteiger partial charge in [0, 0.05) is 37.3 Å². The van der Waals surface area contributed by atoms with E-state index in [1.807, 2.05) is 29.1 Å². The number of anilines is 1. The van der Waals surface area contributed by atoms with Gasteiger partial charge in [-0.25, -0.2) is 4.57 Å². The van der Waals surface area contributed by atoms with Crippen LogP contribution in [-0.2, 0) is 16.7 Å². The summed E-state index contributed by atoms with van der Waals surface area (Å²) in [5.74, 6) is -0.235. The number of allylic oxidation sites excluding steroid dienone is 2. The highest BCUT2D eigenvalue weighted by Crippen LogP contribution is 2.33. The molecule has 0 saturated carbocycles. The van der Waals surface area contributed by atoms with Gasteiger partial charge in [-0.2, -0.15) is 8.42 Å². The zero-order valence-electron chi connectivity index (χ0n) is 23.8. The van der Waals surface area contributed by atoms with Gasteiger partial charge in [0.15, 0.2) is 12.4 Å². The van der Waals surface area contributed by atoms with Crippen molar-refractivity contribution < 1.29 is 17.5 Å². The molecule has 5 nitrogen and oxygen atoms in total. The number of benzene rings is 3. The van der Waals surface area contributed by atoms with Crippen LogP contribution in [0.5, 0.6) is 0 Å². The van der Waals surface area contributed by atoms with Gasteiger partial charge >= 0.3 is 0 Å². The lowest BCUT2D eigenvalue weighted by Gasteiger charge is -2.23. The van der Waals surface area contributed by atoms with Gasteiger partial charge in [-0.15, -0.1) is 0 Å². The van der Waals surface area contributed by atoms with Crippen LogP contribution in [0.2, 0.25) is 0 Å². The Kier molecular flexibility index (Phi) is 9.56. The van der Waals surface area contributed by atoms with Gasteiger partial charge < -0.3 is 4.90 Å². The van der Waals surface area contributed by atoms with Crippen molar-refractivity contribution in [3.8, 4) is 0 Å². The maximum absolute atomic E-state index is 10.9. The largest absolute Gasteiger partial charge is 0.364 e. The third kappa shape index (κ3) is 8.13. The van der Waals surface area contributed by atoms with Crippen LogP contribution >= 0.6 is 0 Å². The number of nitrogens with zero attached hydrogens (tertiary/aromatic N) is 2. The summed E-state index contributed by atoms with van der Waals surface area (Å²) in [6.45, 7) is 10.8. The lowest BCUT2D eigenvalue weighted by molar-refractivity contribution is -0.696. The molecular formula is C34H39N2O3S+. The van der Waals surface area contributed by atoms with E-state index in [1.54, 1.807) is 0 Å². The van der Waals surface area contributed by atoms with E-state index in [0.29, 0.717) is 13.0 Å². The van der Waals surface area contributed by atoms with Crippen molar-refractivity contribution >= 4 is 49.5 Å². The van der Waals surface area contributed by atoms with Crippen molar-refractivity contribution in [3.05, 3.63) is 107 Å². The third-order valence-corrected chi connectivity index (χ3v) is 7.68. The van der Waals surface area contributed by atoms with Crippen LogP contribution in [-0.4, -0.2) is 31.8 Å². The fraction of sp³-hybridized carbons (Fsp3) is 0.265. The first kappa shape index (κ1) is 29.2. The van der Waals surface area contributed by atoms with Crippen molar-refractivity contribution in [2.75, 3.05) is 23.7 Å². The molecule has 4 aromatic rings.